The number of thiophene rings is 1. The van der Waals surface area contributed by atoms with Gasteiger partial charge in [-0.25, -0.2) is 0 Å². The van der Waals surface area contributed by atoms with Gasteiger partial charge in [-0.1, -0.05) is 71.6 Å². The highest BCUT2D eigenvalue weighted by Gasteiger charge is 2.18. The molecule has 1 atom stereocenters. The smallest absolute Gasteiger partial charge is 0.231 e. The highest BCUT2D eigenvalue weighted by atomic mass is 32.2. The number of ether oxygens (including phenoxy) is 1. The average molecular weight is 497 g/mol. The van der Waals surface area contributed by atoms with Crippen LogP contribution in [0.15, 0.2) is 76.4 Å². The van der Waals surface area contributed by atoms with E-state index in [0.717, 1.165) is 39.3 Å². The highest BCUT2D eigenvalue weighted by Crippen LogP contribution is 2.27. The standard InChI is InChI=1S/C24H24N4O2S3/c1-30-19-11-9-18(10-12-19)22(17-6-3-2-4-7-17)26-21(29)16-32-24-28-27-23(33-24)25-14-13-20-8-5-15-31-20/h2-12,15,22H,13-14,16H2,1H3,(H,25,27)(H,26,29). The van der Waals surface area contributed by atoms with Crippen molar-refractivity contribution in [2.24, 2.45) is 0 Å². The molecule has 1 amide bonds. The van der Waals surface area contributed by atoms with Gasteiger partial charge in [-0.15, -0.1) is 21.5 Å². The number of aromatic nitrogens is 2. The van der Waals surface area contributed by atoms with Crippen molar-refractivity contribution in [2.75, 3.05) is 24.7 Å². The molecular formula is C24H24N4O2S3. The Labute approximate surface area is 205 Å². The van der Waals surface area contributed by atoms with E-state index >= 15 is 0 Å². The van der Waals surface area contributed by atoms with E-state index in [-0.39, 0.29) is 17.7 Å². The van der Waals surface area contributed by atoms with Gasteiger partial charge in [0.25, 0.3) is 0 Å². The van der Waals surface area contributed by atoms with Crippen molar-refractivity contribution >= 4 is 45.5 Å². The molecule has 33 heavy (non-hydrogen) atoms. The Morgan fingerprint density at radius 2 is 1.82 bits per heavy atom. The van der Waals surface area contributed by atoms with Crippen LogP contribution in [0.4, 0.5) is 5.13 Å². The quantitative estimate of drug-likeness (QED) is 0.276. The minimum Gasteiger partial charge on any atom is -0.497 e. The highest BCUT2D eigenvalue weighted by molar-refractivity contribution is 8.01. The number of rotatable bonds is 11. The Bertz CT molecular complexity index is 1130. The maximum absolute atomic E-state index is 12.8. The van der Waals surface area contributed by atoms with Crippen molar-refractivity contribution in [3.05, 3.63) is 88.1 Å². The first-order valence-corrected chi connectivity index (χ1v) is 13.1. The van der Waals surface area contributed by atoms with Crippen LogP contribution in [0.5, 0.6) is 5.75 Å². The molecule has 4 rings (SSSR count). The Morgan fingerprint density at radius 1 is 1.03 bits per heavy atom. The van der Waals surface area contributed by atoms with Crippen molar-refractivity contribution in [1.82, 2.24) is 15.5 Å². The van der Waals surface area contributed by atoms with Crippen LogP contribution in [0.3, 0.4) is 0 Å². The molecule has 0 fully saturated rings. The molecule has 170 valence electrons. The first-order chi connectivity index (χ1) is 16.2. The van der Waals surface area contributed by atoms with Gasteiger partial charge in [0.2, 0.25) is 11.0 Å². The number of carbonyl (C=O) groups excluding carboxylic acids is 1. The minimum atomic E-state index is -0.242. The molecule has 2 heterocycles. The van der Waals surface area contributed by atoms with E-state index in [9.17, 15) is 4.79 Å². The molecular weight excluding hydrogens is 472 g/mol. The number of nitrogens with one attached hydrogen (secondary N) is 2. The second-order valence-electron chi connectivity index (χ2n) is 7.10. The maximum atomic E-state index is 12.8. The van der Waals surface area contributed by atoms with Gasteiger partial charge in [0, 0.05) is 11.4 Å². The van der Waals surface area contributed by atoms with Crippen LogP contribution in [0, 0.1) is 0 Å². The summed E-state index contributed by atoms with van der Waals surface area (Å²) in [5.41, 5.74) is 2.02. The lowest BCUT2D eigenvalue weighted by atomic mass is 9.98. The largest absolute Gasteiger partial charge is 0.497 e. The van der Waals surface area contributed by atoms with E-state index in [0.29, 0.717) is 0 Å². The number of thioether (sulfide) groups is 1. The van der Waals surface area contributed by atoms with Crippen molar-refractivity contribution in [3.63, 3.8) is 0 Å². The average Bonchev–Trinajstić information content (AvgIpc) is 3.54. The lowest BCUT2D eigenvalue weighted by Crippen LogP contribution is -2.30. The lowest BCUT2D eigenvalue weighted by molar-refractivity contribution is -0.119. The van der Waals surface area contributed by atoms with Crippen LogP contribution in [-0.4, -0.2) is 35.5 Å². The van der Waals surface area contributed by atoms with E-state index in [1.165, 1.54) is 28.0 Å². The first kappa shape index (κ1) is 23.3. The Kier molecular flexibility index (Phi) is 8.35. The maximum Gasteiger partial charge on any atom is 0.231 e. The number of methoxy groups -OCH3 is 1. The van der Waals surface area contributed by atoms with Crippen LogP contribution < -0.4 is 15.4 Å². The summed E-state index contributed by atoms with van der Waals surface area (Å²) in [6, 6.07) is 21.6. The van der Waals surface area contributed by atoms with Crippen LogP contribution in [0.2, 0.25) is 0 Å². The first-order valence-electron chi connectivity index (χ1n) is 10.4. The SMILES string of the molecule is COc1ccc(C(NC(=O)CSc2nnc(NCCc3cccs3)s2)c2ccccc2)cc1. The molecule has 0 saturated heterocycles. The van der Waals surface area contributed by atoms with E-state index in [4.69, 9.17) is 4.74 Å². The normalized spacial score (nSPS) is 11.7. The molecule has 4 aromatic rings. The zero-order valence-electron chi connectivity index (χ0n) is 18.1. The predicted octanol–water partition coefficient (Wildman–Crippen LogP) is 5.26. The van der Waals surface area contributed by atoms with Gasteiger partial charge in [-0.3, -0.25) is 4.79 Å². The second-order valence-corrected chi connectivity index (χ2v) is 10.3. The molecule has 0 saturated carbocycles. The van der Waals surface area contributed by atoms with E-state index in [2.05, 4.69) is 38.3 Å². The van der Waals surface area contributed by atoms with Crippen molar-refractivity contribution in [1.29, 1.82) is 0 Å². The minimum absolute atomic E-state index is 0.0629. The fourth-order valence-corrected chi connectivity index (χ4v) is 5.52. The van der Waals surface area contributed by atoms with Crippen molar-refractivity contribution in [3.8, 4) is 5.75 Å². The fraction of sp³-hybridized carbons (Fsp3) is 0.208. The summed E-state index contributed by atoms with van der Waals surface area (Å²) in [4.78, 5) is 14.1. The van der Waals surface area contributed by atoms with E-state index in [1.54, 1.807) is 18.4 Å². The molecule has 0 spiro atoms. The molecule has 6 nitrogen and oxygen atoms in total. The van der Waals surface area contributed by atoms with Crippen LogP contribution in [-0.2, 0) is 11.2 Å². The van der Waals surface area contributed by atoms with E-state index < -0.39 is 0 Å². The summed E-state index contributed by atoms with van der Waals surface area (Å²) in [6.45, 7) is 0.806. The zero-order valence-corrected chi connectivity index (χ0v) is 20.5. The summed E-state index contributed by atoms with van der Waals surface area (Å²) in [7, 11) is 1.64. The van der Waals surface area contributed by atoms with Gasteiger partial charge in [0.15, 0.2) is 4.34 Å². The lowest BCUT2D eigenvalue weighted by Gasteiger charge is -2.20. The number of hydrogen-bond donors (Lipinski definition) is 2. The fourth-order valence-electron chi connectivity index (χ4n) is 3.22. The predicted molar refractivity (Wildman–Crippen MR) is 137 cm³/mol. The van der Waals surface area contributed by atoms with Crippen molar-refractivity contribution in [2.45, 2.75) is 16.8 Å². The molecule has 0 radical (unpaired) electrons. The number of amides is 1. The number of anilines is 1. The van der Waals surface area contributed by atoms with Gasteiger partial charge in [0.05, 0.1) is 18.9 Å². The summed E-state index contributed by atoms with van der Waals surface area (Å²) in [6.07, 6.45) is 0.953. The second kappa shape index (κ2) is 11.8. The third-order valence-electron chi connectivity index (χ3n) is 4.85. The molecule has 2 aromatic carbocycles. The molecule has 2 aromatic heterocycles. The number of hydrogen-bond acceptors (Lipinski definition) is 8. The van der Waals surface area contributed by atoms with Gasteiger partial charge >= 0.3 is 0 Å². The van der Waals surface area contributed by atoms with Gasteiger partial charge in [-0.2, -0.15) is 0 Å². The number of benzene rings is 2. The van der Waals surface area contributed by atoms with Gasteiger partial charge in [0.1, 0.15) is 5.75 Å². The summed E-state index contributed by atoms with van der Waals surface area (Å²) >= 11 is 4.61. The molecule has 0 aliphatic heterocycles. The topological polar surface area (TPSA) is 76.1 Å². The Morgan fingerprint density at radius 3 is 2.55 bits per heavy atom. The van der Waals surface area contributed by atoms with Crippen LogP contribution in [0.1, 0.15) is 22.0 Å². The summed E-state index contributed by atoms with van der Waals surface area (Å²) in [5.74, 6) is 0.985. The number of nitrogens with zero attached hydrogens (tertiary/aromatic N) is 2. The van der Waals surface area contributed by atoms with Crippen LogP contribution >= 0.6 is 34.4 Å². The van der Waals surface area contributed by atoms with Gasteiger partial charge in [-0.05, 0) is 41.1 Å². The molecule has 0 aliphatic rings. The summed E-state index contributed by atoms with van der Waals surface area (Å²) < 4.78 is 6.03. The van der Waals surface area contributed by atoms with Gasteiger partial charge < -0.3 is 15.4 Å². The molecule has 1 unspecified atom stereocenters. The third kappa shape index (κ3) is 6.80. The van der Waals surface area contributed by atoms with E-state index in [1.807, 2.05) is 54.6 Å². The summed E-state index contributed by atoms with van der Waals surface area (Å²) in [5, 5.41) is 17.7. The molecule has 0 aliphatic carbocycles. The van der Waals surface area contributed by atoms with Crippen molar-refractivity contribution < 1.29 is 9.53 Å². The number of carbonyl (C=O) groups is 1. The Balaban J connectivity index is 1.32. The Hall–Kier alpha value is -2.88. The molecule has 9 heteroatoms. The van der Waals surface area contributed by atoms with Crippen LogP contribution in [0.25, 0.3) is 0 Å². The third-order valence-corrected chi connectivity index (χ3v) is 7.80. The monoisotopic (exact) mass is 496 g/mol. The molecule has 2 N–H and O–H groups in total. The zero-order chi connectivity index (χ0) is 22.9. The molecule has 0 bridgehead atoms.